The van der Waals surface area contributed by atoms with Crippen LogP contribution in [0, 0.1) is 33.5 Å². The van der Waals surface area contributed by atoms with E-state index in [4.69, 9.17) is 29.4 Å². The van der Waals surface area contributed by atoms with Gasteiger partial charge in [-0.1, -0.05) is 31.4 Å². The average Bonchev–Trinajstić information content (AvgIpc) is 4.27. The maximum Gasteiger partial charge on any atom is 0.318 e. The predicted octanol–water partition coefficient (Wildman–Crippen LogP) is 6.19. The van der Waals surface area contributed by atoms with Crippen LogP contribution in [0.2, 0.25) is 0 Å². The molecule has 0 saturated carbocycles. The van der Waals surface area contributed by atoms with E-state index in [0.29, 0.717) is 76.5 Å². The number of aromatic nitrogens is 4. The first-order valence-corrected chi connectivity index (χ1v) is 29.5. The summed E-state index contributed by atoms with van der Waals surface area (Å²) in [6.07, 6.45) is 13.6. The summed E-state index contributed by atoms with van der Waals surface area (Å²) in [5.74, 6) is 1.76. The van der Waals surface area contributed by atoms with Gasteiger partial charge in [-0.05, 0) is 137 Å². The second-order valence-corrected chi connectivity index (χ2v) is 24.9. The van der Waals surface area contributed by atoms with Crippen molar-refractivity contribution in [3.63, 3.8) is 0 Å². The first kappa shape index (κ1) is 52.9. The molecule has 2 amide bonds. The number of fused-ring (bicyclic) bond motifs is 4. The molecule has 2 aliphatic carbocycles. The lowest BCUT2D eigenvalue weighted by Crippen LogP contribution is -2.55. The molecule has 3 aromatic heterocycles. The van der Waals surface area contributed by atoms with Gasteiger partial charge >= 0.3 is 12.0 Å². The number of anilines is 4. The van der Waals surface area contributed by atoms with Crippen LogP contribution in [0.25, 0.3) is 0 Å². The highest BCUT2D eigenvalue weighted by atomic mass is 32.1. The number of nitrogens with zero attached hydrogens (tertiary/aromatic N) is 12. The molecule has 79 heavy (non-hydrogen) atoms. The smallest absolute Gasteiger partial charge is 0.318 e. The number of benzene rings is 1. The number of carbonyl (C=O) groups is 2. The molecule has 0 radical (unpaired) electrons. The highest BCUT2D eigenvalue weighted by Crippen LogP contribution is 2.49. The van der Waals surface area contributed by atoms with E-state index in [0.717, 1.165) is 131 Å². The topological polar surface area (TPSA) is 195 Å². The van der Waals surface area contributed by atoms with Crippen molar-refractivity contribution in [2.24, 2.45) is 10.8 Å². The number of hydrogen-bond donors (Lipinski definition) is 2. The molecule has 6 aliphatic heterocycles. The normalized spacial score (nSPS) is 27.4. The van der Waals surface area contributed by atoms with Crippen molar-refractivity contribution in [2.45, 2.75) is 114 Å². The molecular weight excluding hydrogens is 1010 g/mol. The number of rotatable bonds is 13. The molecule has 9 heterocycles. The van der Waals surface area contributed by atoms with E-state index >= 15 is 0 Å². The Kier molecular flexibility index (Phi) is 14.7. The summed E-state index contributed by atoms with van der Waals surface area (Å²) in [5.41, 5.74) is 9.61. The van der Waals surface area contributed by atoms with Crippen LogP contribution in [0.1, 0.15) is 89.4 Å². The van der Waals surface area contributed by atoms with Gasteiger partial charge in [-0.15, -0.1) is 11.3 Å². The number of nitrogens with one attached hydrogen (secondary N) is 2. The fourth-order valence-electron chi connectivity index (χ4n) is 14.6. The Balaban J connectivity index is 0.760. The Hall–Kier alpha value is -6.80. The lowest BCUT2D eigenvalue weighted by Gasteiger charge is -2.45. The van der Waals surface area contributed by atoms with Crippen molar-refractivity contribution in [1.82, 2.24) is 39.5 Å². The zero-order valence-electron chi connectivity index (χ0n) is 45.9. The first-order chi connectivity index (χ1) is 38.4. The highest BCUT2D eigenvalue weighted by molar-refractivity contribution is 7.10. The van der Waals surface area contributed by atoms with Gasteiger partial charge in [0.05, 0.1) is 48.5 Å². The fourth-order valence-corrected chi connectivity index (χ4v) is 15.6. The molecule has 18 nitrogen and oxygen atoms in total. The van der Waals surface area contributed by atoms with E-state index in [1.807, 2.05) is 11.3 Å². The summed E-state index contributed by atoms with van der Waals surface area (Å²) < 4.78 is 13.3. The minimum absolute atomic E-state index is 0.0462. The van der Waals surface area contributed by atoms with E-state index in [1.165, 1.54) is 39.5 Å². The molecule has 8 aliphatic rings. The maximum atomic E-state index is 12.9. The predicted molar refractivity (Wildman–Crippen MR) is 305 cm³/mol. The summed E-state index contributed by atoms with van der Waals surface area (Å²) in [6, 6.07) is 14.4. The number of likely N-dealkylation sites (tertiary alicyclic amines) is 2. The number of hydrogen-bond acceptors (Lipinski definition) is 17. The molecular formula is C60H74N14O4S. The minimum atomic E-state index is -0.272. The second-order valence-electron chi connectivity index (χ2n) is 23.9. The summed E-state index contributed by atoms with van der Waals surface area (Å²) >= 11 is 1.83. The third-order valence-corrected chi connectivity index (χ3v) is 20.0. The van der Waals surface area contributed by atoms with E-state index < -0.39 is 0 Å². The largest absolute Gasteiger partial charge is 0.462 e. The summed E-state index contributed by atoms with van der Waals surface area (Å²) in [4.78, 5) is 60.8. The summed E-state index contributed by atoms with van der Waals surface area (Å²) in [6.45, 7) is 15.3. The van der Waals surface area contributed by atoms with Crippen molar-refractivity contribution < 1.29 is 19.1 Å². The van der Waals surface area contributed by atoms with Crippen molar-refractivity contribution in [3.05, 3.63) is 93.5 Å². The van der Waals surface area contributed by atoms with Gasteiger partial charge < -0.3 is 44.6 Å². The molecule has 1 aromatic carbocycles. The van der Waals surface area contributed by atoms with Gasteiger partial charge in [-0.2, -0.15) is 30.5 Å². The van der Waals surface area contributed by atoms with Crippen molar-refractivity contribution in [3.8, 4) is 24.2 Å². The van der Waals surface area contributed by atoms with Crippen LogP contribution in [0.5, 0.6) is 12.0 Å². The number of piperazine rings is 2. The van der Waals surface area contributed by atoms with Gasteiger partial charge in [0, 0.05) is 104 Å². The maximum absolute atomic E-state index is 12.9. The molecule has 4 fully saturated rings. The SMILES string of the molecule is C=CC(=O)N1CCN(c2nc(OCC3CCCN3C)nc3c2CCC2(CNc4c(cccc4C4CC(COc5nc6c(c(N7CCN(C(=O)C=C)C(CC#N)C7)n5)CCC5(CNc7ccsc7C5)C6)N(C)C4)C2)C3)CC1CC#N. The number of likely N-dealkylation sites (N-methyl/N-ethyl adjacent to an activating group) is 2. The Morgan fingerprint density at radius 3 is 1.94 bits per heavy atom. The standard InChI is InChI=1S/C60H74N14O4S/c1-5-52(75)73-24-22-71(33-41(73)14-19-61)55-46-12-17-59(29-49(46)65-57(67-55)77-35-43-10-8-21-69(43)3)28-39-9-7-11-45(54(39)64-38-59)40-27-44(70(4)32-40)36-78-58-66-50-30-60(31-51-48(63-37-60)16-26-79-51)18-13-47(50)56(68-58)72-23-25-74(53(76)6-2)42(34-72)15-20-62/h5-7,9,11,16,26,40-44,63-64H,1-2,8,10,12-15,17-18,21-25,27-38H2,3-4H3. The summed E-state index contributed by atoms with van der Waals surface area (Å²) in [5, 5.41) is 29.5. The van der Waals surface area contributed by atoms with Crippen LogP contribution < -0.4 is 29.9 Å². The van der Waals surface area contributed by atoms with Gasteiger partial charge in [0.1, 0.15) is 24.8 Å². The molecule has 12 rings (SSSR count). The van der Waals surface area contributed by atoms with Crippen LogP contribution in [0.15, 0.2) is 55.0 Å². The summed E-state index contributed by atoms with van der Waals surface area (Å²) in [7, 11) is 4.36. The van der Waals surface area contributed by atoms with Crippen molar-refractivity contribution in [2.75, 3.05) is 113 Å². The quantitative estimate of drug-likeness (QED) is 0.144. The molecule has 4 aromatic rings. The third kappa shape index (κ3) is 10.4. The van der Waals surface area contributed by atoms with Crippen LogP contribution in [0.3, 0.4) is 0 Å². The lowest BCUT2D eigenvalue weighted by molar-refractivity contribution is -0.129. The van der Waals surface area contributed by atoms with Crippen LogP contribution in [-0.2, 0) is 48.1 Å². The third-order valence-electron chi connectivity index (χ3n) is 19.1. The van der Waals surface area contributed by atoms with Gasteiger partial charge in [-0.25, -0.2) is 0 Å². The number of carbonyl (C=O) groups excluding carboxylic acids is 2. The Morgan fingerprint density at radius 1 is 0.734 bits per heavy atom. The molecule has 4 saturated heterocycles. The Labute approximate surface area is 468 Å². The number of nitriles is 2. The van der Waals surface area contributed by atoms with Crippen molar-refractivity contribution in [1.29, 1.82) is 10.5 Å². The Bertz CT molecular complexity index is 3100. The van der Waals surface area contributed by atoms with Gasteiger partial charge in [0.15, 0.2) is 0 Å². The number of thiophene rings is 1. The van der Waals surface area contributed by atoms with Crippen molar-refractivity contribution >= 4 is 46.2 Å². The monoisotopic (exact) mass is 1090 g/mol. The molecule has 19 heteroatoms. The highest BCUT2D eigenvalue weighted by Gasteiger charge is 2.45. The van der Waals surface area contributed by atoms with Gasteiger partial charge in [0.2, 0.25) is 11.8 Å². The van der Waals surface area contributed by atoms with Crippen LogP contribution >= 0.6 is 11.3 Å². The first-order valence-electron chi connectivity index (χ1n) is 28.7. The second kappa shape index (κ2) is 22.0. The minimum Gasteiger partial charge on any atom is -0.462 e. The van der Waals surface area contributed by atoms with E-state index in [2.05, 4.69) is 99.3 Å². The lowest BCUT2D eigenvalue weighted by atomic mass is 9.67. The Morgan fingerprint density at radius 2 is 1.34 bits per heavy atom. The molecule has 7 unspecified atom stereocenters. The number of ether oxygens (including phenoxy) is 2. The number of para-hydroxylation sites is 1. The molecule has 2 spiro atoms. The van der Waals surface area contributed by atoms with E-state index in [1.54, 1.807) is 9.80 Å². The average molecular weight is 1090 g/mol. The molecule has 2 N–H and O–H groups in total. The van der Waals surface area contributed by atoms with Crippen LogP contribution in [0.4, 0.5) is 23.0 Å². The van der Waals surface area contributed by atoms with E-state index in [9.17, 15) is 20.1 Å². The molecule has 414 valence electrons. The van der Waals surface area contributed by atoms with Gasteiger partial charge in [0.25, 0.3) is 0 Å². The molecule has 7 atom stereocenters. The van der Waals surface area contributed by atoms with Gasteiger partial charge in [-0.3, -0.25) is 14.5 Å². The molecule has 0 bridgehead atoms. The van der Waals surface area contributed by atoms with Crippen LogP contribution in [-0.4, -0.2) is 168 Å². The zero-order chi connectivity index (χ0) is 54.4. The fraction of sp³-hybridized carbons (Fsp3) is 0.567. The van der Waals surface area contributed by atoms with E-state index in [-0.39, 0.29) is 53.6 Å². The zero-order valence-corrected chi connectivity index (χ0v) is 46.7. The number of amides is 2.